The van der Waals surface area contributed by atoms with Gasteiger partial charge in [-0.15, -0.1) is 0 Å². The summed E-state index contributed by atoms with van der Waals surface area (Å²) < 4.78 is 50.2. The average Bonchev–Trinajstić information content (AvgIpc) is 3.94. The molecular weight excluding hydrogens is 604 g/mol. The van der Waals surface area contributed by atoms with Crippen molar-refractivity contribution in [1.82, 2.24) is 10.3 Å². The van der Waals surface area contributed by atoms with E-state index >= 15 is 0 Å². The second-order valence-corrected chi connectivity index (χ2v) is 10.9. The number of ether oxygens (including phenoxy) is 7. The number of fused-ring (bicyclic) bond motifs is 2. The highest BCUT2D eigenvalue weighted by atomic mass is 16.7. The van der Waals surface area contributed by atoms with Crippen LogP contribution in [0.3, 0.4) is 0 Å². The molecule has 11 nitrogen and oxygen atoms in total. The molecule has 0 amide bonds. The third-order valence-corrected chi connectivity index (χ3v) is 7.59. The number of nitrogens with zero attached hydrogens (tertiary/aromatic N) is 2. The van der Waals surface area contributed by atoms with Crippen LogP contribution in [0.15, 0.2) is 106 Å². The molecule has 0 unspecified atom stereocenters. The van der Waals surface area contributed by atoms with Gasteiger partial charge < -0.3 is 42.2 Å². The van der Waals surface area contributed by atoms with E-state index in [4.69, 9.17) is 42.2 Å². The molecule has 0 atom stereocenters. The maximum atomic E-state index is 5.93. The summed E-state index contributed by atoms with van der Waals surface area (Å²) in [5.41, 5.74) is 5.21. The number of hydrogen-bond acceptors (Lipinski definition) is 11. The fourth-order valence-electron chi connectivity index (χ4n) is 5.12. The summed E-state index contributed by atoms with van der Waals surface area (Å²) in [4.78, 5) is 0. The molecule has 4 aromatic carbocycles. The molecule has 0 spiro atoms. The lowest BCUT2D eigenvalue weighted by Crippen LogP contribution is -1.95. The highest BCUT2D eigenvalue weighted by Crippen LogP contribution is 2.34. The van der Waals surface area contributed by atoms with E-state index in [1.807, 2.05) is 97.1 Å². The van der Waals surface area contributed by atoms with E-state index in [1.54, 1.807) is 0 Å². The monoisotopic (exact) mass is 632 g/mol. The molecule has 0 saturated carbocycles. The van der Waals surface area contributed by atoms with Gasteiger partial charge in [0.1, 0.15) is 49.3 Å². The molecule has 0 N–H and O–H groups in total. The smallest absolute Gasteiger partial charge is 0.231 e. The summed E-state index contributed by atoms with van der Waals surface area (Å²) in [6, 6.07) is 30.6. The van der Waals surface area contributed by atoms with Crippen LogP contribution in [-0.4, -0.2) is 23.9 Å². The summed E-state index contributed by atoms with van der Waals surface area (Å²) in [6.07, 6.45) is 0. The topological polar surface area (TPSA) is 117 Å². The summed E-state index contributed by atoms with van der Waals surface area (Å²) in [7, 11) is 0. The van der Waals surface area contributed by atoms with E-state index in [-0.39, 0.29) is 26.8 Å². The minimum absolute atomic E-state index is 0.231. The van der Waals surface area contributed by atoms with Gasteiger partial charge in [0.15, 0.2) is 34.5 Å². The van der Waals surface area contributed by atoms with Crippen LogP contribution < -0.4 is 28.4 Å². The predicted molar refractivity (Wildman–Crippen MR) is 166 cm³/mol. The van der Waals surface area contributed by atoms with E-state index in [0.29, 0.717) is 36.1 Å². The van der Waals surface area contributed by atoms with Gasteiger partial charge in [-0.05, 0) is 83.9 Å². The van der Waals surface area contributed by atoms with Crippen molar-refractivity contribution in [2.24, 2.45) is 0 Å². The third-order valence-electron chi connectivity index (χ3n) is 7.59. The normalized spacial score (nSPS) is 12.8. The van der Waals surface area contributed by atoms with Crippen LogP contribution in [0.1, 0.15) is 22.6 Å². The number of aromatic nitrogens is 2. The van der Waals surface area contributed by atoms with Gasteiger partial charge in [0.25, 0.3) is 0 Å². The van der Waals surface area contributed by atoms with E-state index < -0.39 is 0 Å². The Balaban J connectivity index is 0.794. The highest BCUT2D eigenvalue weighted by molar-refractivity contribution is 5.60. The van der Waals surface area contributed by atoms with Crippen molar-refractivity contribution in [3.05, 3.63) is 120 Å². The van der Waals surface area contributed by atoms with E-state index in [9.17, 15) is 0 Å². The lowest BCUT2D eigenvalue weighted by Gasteiger charge is -2.07. The van der Waals surface area contributed by atoms with E-state index in [0.717, 1.165) is 56.8 Å². The molecule has 47 heavy (non-hydrogen) atoms. The maximum Gasteiger partial charge on any atom is 0.231 e. The second-order valence-electron chi connectivity index (χ2n) is 10.9. The quantitative estimate of drug-likeness (QED) is 0.135. The minimum atomic E-state index is 0.231. The Morgan fingerprint density at radius 3 is 1.38 bits per heavy atom. The Labute approximate surface area is 269 Å². The molecule has 2 aromatic heterocycles. The second kappa shape index (κ2) is 12.8. The Kier molecular flexibility index (Phi) is 7.78. The van der Waals surface area contributed by atoms with Gasteiger partial charge in [-0.2, -0.15) is 0 Å². The number of hydrogen-bond donors (Lipinski definition) is 0. The molecule has 4 heterocycles. The number of benzene rings is 4. The van der Waals surface area contributed by atoms with Crippen LogP contribution >= 0.6 is 0 Å². The molecule has 0 fully saturated rings. The average molecular weight is 633 g/mol. The zero-order valence-corrected chi connectivity index (χ0v) is 25.0. The Morgan fingerprint density at radius 1 is 0.468 bits per heavy atom. The van der Waals surface area contributed by atoms with Crippen LogP contribution in [0.5, 0.6) is 34.5 Å². The molecule has 8 rings (SSSR count). The Morgan fingerprint density at radius 2 is 0.915 bits per heavy atom. The zero-order valence-electron chi connectivity index (χ0n) is 25.0. The van der Waals surface area contributed by atoms with E-state index in [1.165, 1.54) is 0 Å². The van der Waals surface area contributed by atoms with Gasteiger partial charge in [0.05, 0.1) is 0 Å². The van der Waals surface area contributed by atoms with Gasteiger partial charge in [-0.25, -0.2) is 0 Å². The number of rotatable bonds is 12. The molecule has 11 heteroatoms. The lowest BCUT2D eigenvalue weighted by atomic mass is 10.1. The first-order chi connectivity index (χ1) is 23.2. The van der Waals surface area contributed by atoms with Crippen molar-refractivity contribution in [3.63, 3.8) is 0 Å². The molecule has 0 radical (unpaired) electrons. The van der Waals surface area contributed by atoms with Crippen LogP contribution in [0, 0.1) is 0 Å². The Hall–Kier alpha value is -5.94. The van der Waals surface area contributed by atoms with Crippen molar-refractivity contribution in [2.75, 3.05) is 13.6 Å². The molecule has 0 saturated heterocycles. The van der Waals surface area contributed by atoms with E-state index in [2.05, 4.69) is 10.3 Å². The molecule has 2 aliphatic heterocycles. The van der Waals surface area contributed by atoms with Crippen molar-refractivity contribution < 1.29 is 42.2 Å². The van der Waals surface area contributed by atoms with Crippen LogP contribution in [0.4, 0.5) is 0 Å². The van der Waals surface area contributed by atoms with Crippen LogP contribution in [0.2, 0.25) is 0 Å². The summed E-state index contributed by atoms with van der Waals surface area (Å²) in [5, 5.41) is 8.37. The fourth-order valence-corrected chi connectivity index (χ4v) is 5.12. The van der Waals surface area contributed by atoms with Crippen LogP contribution in [-0.2, 0) is 31.2 Å². The van der Waals surface area contributed by atoms with Crippen molar-refractivity contribution in [3.8, 4) is 57.0 Å². The van der Waals surface area contributed by atoms with Gasteiger partial charge in [-0.1, -0.05) is 22.4 Å². The summed E-state index contributed by atoms with van der Waals surface area (Å²) in [6.45, 7) is 1.79. The largest absolute Gasteiger partial charge is 0.489 e. The lowest BCUT2D eigenvalue weighted by molar-refractivity contribution is 0.0727. The van der Waals surface area contributed by atoms with Crippen molar-refractivity contribution >= 4 is 0 Å². The van der Waals surface area contributed by atoms with Gasteiger partial charge >= 0.3 is 0 Å². The van der Waals surface area contributed by atoms with Gasteiger partial charge in [-0.3, -0.25) is 0 Å². The maximum absolute atomic E-state index is 5.93. The minimum Gasteiger partial charge on any atom is -0.489 e. The first kappa shape index (κ1) is 28.5. The van der Waals surface area contributed by atoms with Gasteiger partial charge in [0, 0.05) is 23.3 Å². The first-order valence-electron chi connectivity index (χ1n) is 14.9. The summed E-state index contributed by atoms with van der Waals surface area (Å²) in [5.74, 6) is 5.66. The SMILES string of the molecule is c1cc2c(cc1COc1ccc(-c3cc(COCc4cc(-c5ccc(OCc6ccc7c(c6)OCO7)cc5)no4)on3)cc1)OCO2. The Bertz CT molecular complexity index is 1840. The zero-order chi connectivity index (χ0) is 31.4. The molecule has 0 bridgehead atoms. The van der Waals surface area contributed by atoms with Crippen molar-refractivity contribution in [2.45, 2.75) is 26.4 Å². The molecule has 6 aromatic rings. The molecule has 2 aliphatic rings. The van der Waals surface area contributed by atoms with Gasteiger partial charge in [0.2, 0.25) is 13.6 Å². The highest BCUT2D eigenvalue weighted by Gasteiger charge is 2.15. The third kappa shape index (κ3) is 6.56. The molecule has 0 aliphatic carbocycles. The molecule has 236 valence electrons. The molecular formula is C36H28N2O9. The summed E-state index contributed by atoms with van der Waals surface area (Å²) >= 11 is 0. The van der Waals surface area contributed by atoms with Crippen molar-refractivity contribution in [1.29, 1.82) is 0 Å². The predicted octanol–water partition coefficient (Wildman–Crippen LogP) is 7.33. The first-order valence-corrected chi connectivity index (χ1v) is 14.9. The van der Waals surface area contributed by atoms with Crippen LogP contribution in [0.25, 0.3) is 22.5 Å². The fraction of sp³-hybridized carbons (Fsp3) is 0.167. The standard InChI is InChI=1S/C36H28N2O9/c1-11-33-35(44-21-42-33)13-23(1)17-40-27-7-3-25(4-8-27)31-15-29(46-37-31)19-39-20-30-16-32(38-47-30)26-5-9-28(10-6-26)41-18-24-2-12-34-36(14-24)45-22-43-34/h1-16H,17-22H2.